The Morgan fingerprint density at radius 1 is 0.919 bits per heavy atom. The van der Waals surface area contributed by atoms with Crippen molar-refractivity contribution in [1.29, 1.82) is 0 Å². The van der Waals surface area contributed by atoms with Gasteiger partial charge >= 0.3 is 11.9 Å². The van der Waals surface area contributed by atoms with Crippen LogP contribution >= 0.6 is 23.2 Å². The van der Waals surface area contributed by atoms with E-state index in [2.05, 4.69) is 5.32 Å². The fourth-order valence-corrected chi connectivity index (χ4v) is 4.53. The van der Waals surface area contributed by atoms with Crippen LogP contribution in [0.1, 0.15) is 36.8 Å². The summed E-state index contributed by atoms with van der Waals surface area (Å²) in [4.78, 5) is 35.0. The number of amides is 1. The Kier molecular flexibility index (Phi) is 9.66. The van der Waals surface area contributed by atoms with E-state index in [9.17, 15) is 19.5 Å². The van der Waals surface area contributed by atoms with Gasteiger partial charge in [-0.05, 0) is 48.2 Å². The summed E-state index contributed by atoms with van der Waals surface area (Å²) in [6, 6.07) is 18.6. The molecule has 0 heterocycles. The summed E-state index contributed by atoms with van der Waals surface area (Å²) < 4.78 is 15.2. The Bertz CT molecular complexity index is 1280. The van der Waals surface area contributed by atoms with Crippen molar-refractivity contribution in [3.8, 4) is 11.1 Å². The smallest absolute Gasteiger partial charge is 0.307 e. The van der Waals surface area contributed by atoms with Crippen molar-refractivity contribution < 1.29 is 29.0 Å². The maximum atomic E-state index is 15.2. The predicted octanol–water partition coefficient (Wildman–Crippen LogP) is 6.20. The van der Waals surface area contributed by atoms with E-state index in [1.54, 1.807) is 37.3 Å². The van der Waals surface area contributed by atoms with E-state index in [1.165, 1.54) is 6.07 Å². The second-order valence-electron chi connectivity index (χ2n) is 8.86. The summed E-state index contributed by atoms with van der Waals surface area (Å²) in [6.45, 7) is 1.73. The largest absolute Gasteiger partial charge is 0.481 e. The van der Waals surface area contributed by atoms with Crippen LogP contribution in [0.25, 0.3) is 11.1 Å². The van der Waals surface area contributed by atoms with E-state index in [4.69, 9.17) is 28.3 Å². The summed E-state index contributed by atoms with van der Waals surface area (Å²) in [6.07, 6.45) is -0.789. The number of aliphatic carboxylic acids is 2. The molecule has 0 aliphatic rings. The highest BCUT2D eigenvalue weighted by molar-refractivity contribution is 6.42. The van der Waals surface area contributed by atoms with E-state index in [-0.39, 0.29) is 0 Å². The highest BCUT2D eigenvalue weighted by Gasteiger charge is 2.27. The molecule has 0 saturated carbocycles. The molecule has 0 bridgehead atoms. The number of hydrogen-bond acceptors (Lipinski definition) is 3. The molecule has 0 radical (unpaired) electrons. The summed E-state index contributed by atoms with van der Waals surface area (Å²) in [5.41, 5.74) is 2.60. The molecule has 3 aromatic carbocycles. The van der Waals surface area contributed by atoms with E-state index < -0.39 is 54.4 Å². The zero-order valence-corrected chi connectivity index (χ0v) is 21.5. The third-order valence-corrected chi connectivity index (χ3v) is 6.88. The normalized spacial score (nSPS) is 13.4. The number of benzene rings is 3. The molecule has 1 amide bonds. The van der Waals surface area contributed by atoms with Crippen LogP contribution in [0.4, 0.5) is 4.39 Å². The van der Waals surface area contributed by atoms with Crippen LogP contribution in [0.5, 0.6) is 0 Å². The van der Waals surface area contributed by atoms with Crippen LogP contribution in [-0.4, -0.2) is 34.1 Å². The number of nitrogens with one attached hydrogen (secondary N) is 1. The van der Waals surface area contributed by atoms with Gasteiger partial charge in [0.1, 0.15) is 5.82 Å². The van der Waals surface area contributed by atoms with Gasteiger partial charge < -0.3 is 15.5 Å². The SMILES string of the molecule is C[C@@H](NC(=O)CC(CC(=O)O)C(=O)O)[C@H](Cc1ccc(Cl)c(Cl)c1)c1ccc(-c2ccccc2)c(F)c1. The molecule has 0 spiro atoms. The summed E-state index contributed by atoms with van der Waals surface area (Å²) >= 11 is 12.2. The molecule has 9 heteroatoms. The molecule has 0 aromatic heterocycles. The van der Waals surface area contributed by atoms with E-state index in [0.717, 1.165) is 11.1 Å². The average molecular weight is 546 g/mol. The minimum absolute atomic E-state index is 0.359. The first-order chi connectivity index (χ1) is 17.5. The number of hydrogen-bond donors (Lipinski definition) is 3. The van der Waals surface area contributed by atoms with Crippen molar-refractivity contribution >= 4 is 41.0 Å². The minimum atomic E-state index is -1.36. The molecule has 0 aliphatic carbocycles. The van der Waals surface area contributed by atoms with Crippen LogP contribution in [0, 0.1) is 11.7 Å². The lowest BCUT2D eigenvalue weighted by Gasteiger charge is -2.27. The maximum absolute atomic E-state index is 15.2. The molecule has 37 heavy (non-hydrogen) atoms. The zero-order valence-electron chi connectivity index (χ0n) is 20.0. The van der Waals surface area contributed by atoms with Gasteiger partial charge in [0.25, 0.3) is 0 Å². The Labute approximate surface area is 224 Å². The Morgan fingerprint density at radius 3 is 2.22 bits per heavy atom. The number of carboxylic acids is 2. The predicted molar refractivity (Wildman–Crippen MR) is 140 cm³/mol. The zero-order chi connectivity index (χ0) is 27.1. The lowest BCUT2D eigenvalue weighted by molar-refractivity contribution is -0.149. The highest BCUT2D eigenvalue weighted by atomic mass is 35.5. The lowest BCUT2D eigenvalue weighted by atomic mass is 9.85. The minimum Gasteiger partial charge on any atom is -0.481 e. The molecule has 3 rings (SSSR count). The van der Waals surface area contributed by atoms with E-state index in [0.29, 0.717) is 27.6 Å². The van der Waals surface area contributed by atoms with Crippen molar-refractivity contribution in [1.82, 2.24) is 5.32 Å². The van der Waals surface area contributed by atoms with Crippen LogP contribution in [0.15, 0.2) is 66.7 Å². The molecule has 6 nitrogen and oxygen atoms in total. The van der Waals surface area contributed by atoms with Gasteiger partial charge in [-0.3, -0.25) is 14.4 Å². The molecular weight excluding hydrogens is 520 g/mol. The lowest BCUT2D eigenvalue weighted by Crippen LogP contribution is -2.39. The van der Waals surface area contributed by atoms with E-state index in [1.807, 2.05) is 30.3 Å². The van der Waals surface area contributed by atoms with Crippen molar-refractivity contribution in [2.75, 3.05) is 0 Å². The first kappa shape index (κ1) is 28.2. The number of carbonyl (C=O) groups excluding carboxylic acids is 1. The number of halogens is 3. The van der Waals surface area contributed by atoms with Crippen molar-refractivity contribution in [3.05, 3.63) is 93.7 Å². The van der Waals surface area contributed by atoms with Gasteiger partial charge in [-0.25, -0.2) is 4.39 Å². The Balaban J connectivity index is 1.89. The molecule has 0 aliphatic heterocycles. The molecule has 0 fully saturated rings. The van der Waals surface area contributed by atoms with Crippen LogP contribution < -0.4 is 5.32 Å². The van der Waals surface area contributed by atoms with Gasteiger partial charge in [0.2, 0.25) is 5.91 Å². The monoisotopic (exact) mass is 545 g/mol. The molecule has 3 N–H and O–H groups in total. The number of rotatable bonds is 11. The fraction of sp³-hybridized carbons (Fsp3) is 0.250. The summed E-state index contributed by atoms with van der Waals surface area (Å²) in [5.74, 6) is -5.48. The van der Waals surface area contributed by atoms with Gasteiger partial charge in [-0.2, -0.15) is 0 Å². The molecule has 3 aromatic rings. The first-order valence-electron chi connectivity index (χ1n) is 11.6. The highest BCUT2D eigenvalue weighted by Crippen LogP contribution is 2.32. The number of carbonyl (C=O) groups is 3. The quantitative estimate of drug-likeness (QED) is 0.266. The van der Waals surface area contributed by atoms with Crippen molar-refractivity contribution in [3.63, 3.8) is 0 Å². The molecule has 3 atom stereocenters. The fourth-order valence-electron chi connectivity index (χ4n) is 4.21. The second kappa shape index (κ2) is 12.7. The second-order valence-corrected chi connectivity index (χ2v) is 9.67. The van der Waals surface area contributed by atoms with Crippen LogP contribution in [0.2, 0.25) is 10.0 Å². The Hall–Kier alpha value is -3.42. The standard InChI is InChI=1S/C28H26Cl2FNO5/c1-16(32-26(33)14-20(28(36)37)15-27(34)35)22(11-17-7-10-23(29)24(30)12-17)19-8-9-21(25(31)13-19)18-5-3-2-4-6-18/h2-10,12-13,16,20,22H,11,14-15H2,1H3,(H,32,33)(H,34,35)(H,36,37)/t16-,20?,22+/m1/s1. The van der Waals surface area contributed by atoms with Crippen LogP contribution in [-0.2, 0) is 20.8 Å². The molecule has 1 unspecified atom stereocenters. The maximum Gasteiger partial charge on any atom is 0.307 e. The van der Waals surface area contributed by atoms with E-state index >= 15 is 4.39 Å². The van der Waals surface area contributed by atoms with Crippen molar-refractivity contribution in [2.45, 2.75) is 38.1 Å². The first-order valence-corrected chi connectivity index (χ1v) is 12.3. The topological polar surface area (TPSA) is 104 Å². The summed E-state index contributed by atoms with van der Waals surface area (Å²) in [7, 11) is 0. The average Bonchev–Trinajstić information content (AvgIpc) is 2.84. The van der Waals surface area contributed by atoms with Gasteiger partial charge in [-0.15, -0.1) is 0 Å². The van der Waals surface area contributed by atoms with Gasteiger partial charge in [0.05, 0.1) is 22.4 Å². The van der Waals surface area contributed by atoms with Crippen LogP contribution in [0.3, 0.4) is 0 Å². The molecule has 0 saturated heterocycles. The third-order valence-electron chi connectivity index (χ3n) is 6.14. The van der Waals surface area contributed by atoms with Gasteiger partial charge in [0, 0.05) is 23.9 Å². The van der Waals surface area contributed by atoms with Gasteiger partial charge in [0.15, 0.2) is 0 Å². The van der Waals surface area contributed by atoms with Crippen molar-refractivity contribution in [2.24, 2.45) is 5.92 Å². The Morgan fingerprint density at radius 2 is 1.62 bits per heavy atom. The van der Waals surface area contributed by atoms with Gasteiger partial charge in [-0.1, -0.05) is 71.7 Å². The molecular formula is C28H26Cl2FNO5. The third kappa shape index (κ3) is 7.78. The number of carboxylic acid groups (broad SMARTS) is 2. The summed E-state index contributed by atoms with van der Waals surface area (Å²) in [5, 5.41) is 21.7. The molecule has 194 valence electrons.